The molecule has 0 fully saturated rings. The van der Waals surface area contributed by atoms with Crippen LogP contribution in [-0.4, -0.2) is 23.5 Å². The summed E-state index contributed by atoms with van der Waals surface area (Å²) in [5.41, 5.74) is 1.35. The van der Waals surface area contributed by atoms with Crippen molar-refractivity contribution in [1.29, 1.82) is 0 Å². The fourth-order valence-corrected chi connectivity index (χ4v) is 3.79. The third kappa shape index (κ3) is 2.96. The first kappa shape index (κ1) is 14.0. The van der Waals surface area contributed by atoms with Gasteiger partial charge in [0, 0.05) is 16.8 Å². The summed E-state index contributed by atoms with van der Waals surface area (Å²) in [6, 6.07) is 1.39. The molecule has 0 aromatic carbocycles. The second-order valence-corrected chi connectivity index (χ2v) is 6.89. The van der Waals surface area contributed by atoms with Gasteiger partial charge in [-0.3, -0.25) is 4.72 Å². The van der Waals surface area contributed by atoms with Crippen LogP contribution in [0.25, 0.3) is 0 Å². The molecule has 0 bridgehead atoms. The Morgan fingerprint density at radius 1 is 1.53 bits per heavy atom. The van der Waals surface area contributed by atoms with Crippen molar-refractivity contribution >= 4 is 26.5 Å². The van der Waals surface area contributed by atoms with Crippen molar-refractivity contribution in [2.45, 2.75) is 31.8 Å². The zero-order valence-corrected chi connectivity index (χ0v) is 12.2. The Balaban J connectivity index is 2.25. The third-order valence-electron chi connectivity index (χ3n) is 2.65. The number of nitrogens with zero attached hydrogens (tertiary/aromatic N) is 1. The smallest absolute Gasteiger partial charge is 0.265 e. The molecule has 0 spiro atoms. The maximum Gasteiger partial charge on any atom is 0.265 e. The molecule has 0 saturated heterocycles. The monoisotopic (exact) mass is 301 g/mol. The zero-order chi connectivity index (χ0) is 14.0. The Bertz CT molecular complexity index is 673. The summed E-state index contributed by atoms with van der Waals surface area (Å²) < 4.78 is 26.6. The van der Waals surface area contributed by atoms with Gasteiger partial charge < -0.3 is 10.1 Å². The predicted octanol–water partition coefficient (Wildman–Crippen LogP) is 1.64. The van der Waals surface area contributed by atoms with E-state index in [2.05, 4.69) is 14.7 Å². The van der Waals surface area contributed by atoms with E-state index >= 15 is 0 Å². The fourth-order valence-electron chi connectivity index (χ4n) is 1.64. The molecule has 0 unspecified atom stereocenters. The first-order valence-corrected chi connectivity index (χ1v) is 8.03. The summed E-state index contributed by atoms with van der Waals surface area (Å²) in [7, 11) is -3.66. The van der Waals surface area contributed by atoms with Crippen LogP contribution in [-0.2, 0) is 23.1 Å². The van der Waals surface area contributed by atoms with E-state index in [1.54, 1.807) is 0 Å². The van der Waals surface area contributed by atoms with Crippen LogP contribution in [0.3, 0.4) is 0 Å². The van der Waals surface area contributed by atoms with Gasteiger partial charge in [-0.15, -0.1) is 11.3 Å². The lowest BCUT2D eigenvalue weighted by atomic mass is 10.3. The highest BCUT2D eigenvalue weighted by Crippen LogP contribution is 2.25. The number of anilines is 1. The summed E-state index contributed by atoms with van der Waals surface area (Å²) in [4.78, 5) is 8.01. The van der Waals surface area contributed by atoms with E-state index in [-0.39, 0.29) is 11.5 Å². The largest absolute Gasteiger partial charge is 0.390 e. The Kier molecular flexibility index (Phi) is 3.93. The maximum atomic E-state index is 12.1. The van der Waals surface area contributed by atoms with Gasteiger partial charge in [-0.2, -0.15) is 0 Å². The number of aliphatic hydroxyl groups excluding tert-OH is 1. The van der Waals surface area contributed by atoms with Crippen molar-refractivity contribution in [3.63, 3.8) is 0 Å². The Labute approximate surface area is 115 Å². The van der Waals surface area contributed by atoms with E-state index < -0.39 is 10.0 Å². The number of aliphatic hydroxyl groups is 1. The van der Waals surface area contributed by atoms with Crippen molar-refractivity contribution < 1.29 is 13.5 Å². The average molecular weight is 301 g/mol. The number of aryl methyl sites for hydroxylation is 2. The maximum absolute atomic E-state index is 12.1. The van der Waals surface area contributed by atoms with E-state index in [0.29, 0.717) is 10.8 Å². The van der Waals surface area contributed by atoms with Crippen LogP contribution in [0.4, 0.5) is 5.13 Å². The predicted molar refractivity (Wildman–Crippen MR) is 73.8 cm³/mol. The molecule has 0 atom stereocenters. The Morgan fingerprint density at radius 3 is 2.79 bits per heavy atom. The fraction of sp³-hybridized carbons (Fsp3) is 0.364. The van der Waals surface area contributed by atoms with Crippen LogP contribution in [0.2, 0.25) is 0 Å². The normalized spacial score (nSPS) is 11.7. The molecule has 0 aliphatic rings. The number of thiazole rings is 1. The molecule has 2 rings (SSSR count). The SMILES string of the molecule is CCc1nc(NS(=O)(=O)c2c[nH]c(CO)c2)sc1C. The average Bonchev–Trinajstić information content (AvgIpc) is 2.95. The first-order chi connectivity index (χ1) is 8.96. The van der Waals surface area contributed by atoms with Crippen molar-refractivity contribution in [2.24, 2.45) is 0 Å². The zero-order valence-electron chi connectivity index (χ0n) is 10.6. The van der Waals surface area contributed by atoms with Crippen molar-refractivity contribution in [3.8, 4) is 0 Å². The quantitative estimate of drug-likeness (QED) is 0.782. The lowest BCUT2D eigenvalue weighted by Crippen LogP contribution is -2.12. The van der Waals surface area contributed by atoms with E-state index in [0.717, 1.165) is 17.0 Å². The highest BCUT2D eigenvalue weighted by molar-refractivity contribution is 7.93. The third-order valence-corrected chi connectivity index (χ3v) is 5.02. The van der Waals surface area contributed by atoms with E-state index in [9.17, 15) is 8.42 Å². The van der Waals surface area contributed by atoms with Gasteiger partial charge in [0.25, 0.3) is 10.0 Å². The van der Waals surface area contributed by atoms with E-state index in [4.69, 9.17) is 5.11 Å². The minimum Gasteiger partial charge on any atom is -0.390 e. The van der Waals surface area contributed by atoms with Crippen molar-refractivity contribution in [2.75, 3.05) is 4.72 Å². The molecule has 6 nitrogen and oxygen atoms in total. The number of hydrogen-bond acceptors (Lipinski definition) is 5. The van der Waals surface area contributed by atoms with Crippen LogP contribution >= 0.6 is 11.3 Å². The van der Waals surface area contributed by atoms with Crippen LogP contribution in [0.15, 0.2) is 17.2 Å². The highest BCUT2D eigenvalue weighted by Gasteiger charge is 2.18. The summed E-state index contributed by atoms with van der Waals surface area (Å²) in [5, 5.41) is 9.28. The molecule has 3 N–H and O–H groups in total. The van der Waals surface area contributed by atoms with Gasteiger partial charge in [0.05, 0.1) is 12.3 Å². The number of sulfonamides is 1. The molecule has 104 valence electrons. The number of aromatic amines is 1. The lowest BCUT2D eigenvalue weighted by molar-refractivity contribution is 0.277. The number of rotatable bonds is 5. The molecule has 19 heavy (non-hydrogen) atoms. The van der Waals surface area contributed by atoms with Gasteiger partial charge in [0.2, 0.25) is 0 Å². The number of aromatic nitrogens is 2. The van der Waals surface area contributed by atoms with Gasteiger partial charge in [0.1, 0.15) is 4.90 Å². The second-order valence-electron chi connectivity index (χ2n) is 4.00. The summed E-state index contributed by atoms with van der Waals surface area (Å²) in [6.45, 7) is 3.65. The second kappa shape index (κ2) is 5.32. The molecule has 8 heteroatoms. The Hall–Kier alpha value is -1.38. The van der Waals surface area contributed by atoms with Gasteiger partial charge in [0.15, 0.2) is 5.13 Å². The first-order valence-electron chi connectivity index (χ1n) is 5.73. The van der Waals surface area contributed by atoms with Crippen LogP contribution < -0.4 is 4.72 Å². The summed E-state index contributed by atoms with van der Waals surface area (Å²) in [6.07, 6.45) is 2.11. The molecule has 2 aromatic rings. The molecule has 0 aliphatic heterocycles. The standard InChI is InChI=1S/C11H15N3O3S2/c1-3-10-7(2)18-11(13-10)14-19(16,17)9-4-8(6-15)12-5-9/h4-5,12,15H,3,6H2,1-2H3,(H,13,14). The van der Waals surface area contributed by atoms with Gasteiger partial charge in [-0.05, 0) is 19.4 Å². The molecule has 0 radical (unpaired) electrons. The van der Waals surface area contributed by atoms with Crippen molar-refractivity contribution in [3.05, 3.63) is 28.5 Å². The minimum atomic E-state index is -3.66. The van der Waals surface area contributed by atoms with E-state index in [1.807, 2.05) is 13.8 Å². The number of H-pyrrole nitrogens is 1. The van der Waals surface area contributed by atoms with Crippen molar-refractivity contribution in [1.82, 2.24) is 9.97 Å². The molecular weight excluding hydrogens is 286 g/mol. The van der Waals surface area contributed by atoms with E-state index in [1.165, 1.54) is 23.6 Å². The van der Waals surface area contributed by atoms with Gasteiger partial charge in [-0.1, -0.05) is 6.92 Å². The van der Waals surface area contributed by atoms with Gasteiger partial charge >= 0.3 is 0 Å². The lowest BCUT2D eigenvalue weighted by Gasteiger charge is -2.01. The summed E-state index contributed by atoms with van der Waals surface area (Å²) in [5.74, 6) is 0. The topological polar surface area (TPSA) is 95.1 Å². The molecule has 2 heterocycles. The molecule has 0 aliphatic carbocycles. The molecule has 2 aromatic heterocycles. The van der Waals surface area contributed by atoms with Crippen LogP contribution in [0.1, 0.15) is 23.2 Å². The summed E-state index contributed by atoms with van der Waals surface area (Å²) >= 11 is 1.31. The Morgan fingerprint density at radius 2 is 2.26 bits per heavy atom. The highest BCUT2D eigenvalue weighted by atomic mass is 32.2. The van der Waals surface area contributed by atoms with Gasteiger partial charge in [-0.25, -0.2) is 13.4 Å². The molecular formula is C11H15N3O3S2. The number of nitrogens with one attached hydrogen (secondary N) is 2. The minimum absolute atomic E-state index is 0.0856. The van der Waals surface area contributed by atoms with Crippen LogP contribution in [0.5, 0.6) is 0 Å². The number of hydrogen-bond donors (Lipinski definition) is 3. The molecule has 0 amide bonds. The molecule has 0 saturated carbocycles. The van der Waals surface area contributed by atoms with Crippen LogP contribution in [0, 0.1) is 6.92 Å².